The van der Waals surface area contributed by atoms with E-state index in [1.165, 1.54) is 33.3 Å². The third kappa shape index (κ3) is 3.09. The van der Waals surface area contributed by atoms with Gasteiger partial charge in [0.05, 0.1) is 5.52 Å². The molecule has 4 rings (SSSR count). The third-order valence-electron chi connectivity index (χ3n) is 5.07. The molecule has 132 valence electrons. The molecular formula is C22H22ClN3. The van der Waals surface area contributed by atoms with E-state index in [2.05, 4.69) is 46.3 Å². The maximum Gasteiger partial charge on any atom is 0.0529 e. The summed E-state index contributed by atoms with van der Waals surface area (Å²) in [7, 11) is 0. The van der Waals surface area contributed by atoms with Crippen molar-refractivity contribution in [3.63, 3.8) is 0 Å². The zero-order valence-electron chi connectivity index (χ0n) is 15.0. The number of fused-ring (bicyclic) bond motifs is 3. The minimum Gasteiger partial charge on any atom is -0.320 e. The van der Waals surface area contributed by atoms with E-state index >= 15 is 0 Å². The van der Waals surface area contributed by atoms with Gasteiger partial charge in [-0.3, -0.25) is 9.88 Å². The minimum absolute atomic E-state index is 0.785. The van der Waals surface area contributed by atoms with Gasteiger partial charge in [0.15, 0.2) is 0 Å². The van der Waals surface area contributed by atoms with Crippen molar-refractivity contribution in [1.29, 1.82) is 0 Å². The van der Waals surface area contributed by atoms with Gasteiger partial charge in [0.25, 0.3) is 0 Å². The van der Waals surface area contributed by atoms with E-state index in [1.54, 1.807) is 0 Å². The minimum atomic E-state index is 0.785. The zero-order valence-corrected chi connectivity index (χ0v) is 15.7. The van der Waals surface area contributed by atoms with Gasteiger partial charge in [-0.05, 0) is 54.0 Å². The molecule has 0 saturated heterocycles. The Morgan fingerprint density at radius 3 is 2.85 bits per heavy atom. The molecule has 2 aromatic heterocycles. The van der Waals surface area contributed by atoms with E-state index in [0.717, 1.165) is 31.1 Å². The van der Waals surface area contributed by atoms with Crippen LogP contribution in [0.25, 0.3) is 22.7 Å². The number of hydrogen-bond acceptors (Lipinski definition) is 2. The van der Waals surface area contributed by atoms with Crippen molar-refractivity contribution in [2.75, 3.05) is 13.1 Å². The summed E-state index contributed by atoms with van der Waals surface area (Å²) in [6.45, 7) is 8.93. The summed E-state index contributed by atoms with van der Waals surface area (Å²) >= 11 is 6.31. The van der Waals surface area contributed by atoms with E-state index in [-0.39, 0.29) is 0 Å². The van der Waals surface area contributed by atoms with Crippen LogP contribution in [0.5, 0.6) is 0 Å². The molecule has 0 amide bonds. The summed E-state index contributed by atoms with van der Waals surface area (Å²) in [6, 6.07) is 10.3. The van der Waals surface area contributed by atoms with Crippen LogP contribution < -0.4 is 0 Å². The lowest BCUT2D eigenvalue weighted by atomic mass is 10.0. The summed E-state index contributed by atoms with van der Waals surface area (Å²) in [5.41, 5.74) is 6.39. The van der Waals surface area contributed by atoms with Crippen molar-refractivity contribution in [1.82, 2.24) is 14.5 Å². The number of hydrogen-bond donors (Lipinski definition) is 0. The van der Waals surface area contributed by atoms with Crippen molar-refractivity contribution < 1.29 is 0 Å². The van der Waals surface area contributed by atoms with Crippen molar-refractivity contribution in [2.45, 2.75) is 19.9 Å². The zero-order chi connectivity index (χ0) is 18.1. The van der Waals surface area contributed by atoms with Crippen LogP contribution in [0, 0.1) is 0 Å². The SMILES string of the molecule is C=CCN1CCc2c(c3cc(Cl)ccc3n2/C=C(\C)c2ccncc2)C1. The molecule has 0 N–H and O–H groups in total. The molecule has 0 fully saturated rings. The van der Waals surface area contributed by atoms with Crippen molar-refractivity contribution >= 4 is 34.3 Å². The van der Waals surface area contributed by atoms with Crippen molar-refractivity contribution in [3.8, 4) is 0 Å². The van der Waals surface area contributed by atoms with Crippen LogP contribution in [0.3, 0.4) is 0 Å². The van der Waals surface area contributed by atoms with Crippen LogP contribution in [0.4, 0.5) is 0 Å². The molecule has 0 unspecified atom stereocenters. The van der Waals surface area contributed by atoms with Crippen molar-refractivity contribution in [3.05, 3.63) is 77.2 Å². The summed E-state index contributed by atoms with van der Waals surface area (Å²) < 4.78 is 2.35. The molecule has 0 aliphatic carbocycles. The van der Waals surface area contributed by atoms with Gasteiger partial charge in [-0.1, -0.05) is 17.7 Å². The highest BCUT2D eigenvalue weighted by Crippen LogP contribution is 2.34. The molecule has 0 bridgehead atoms. The molecule has 1 aliphatic rings. The predicted octanol–water partition coefficient (Wildman–Crippen LogP) is 5.25. The van der Waals surface area contributed by atoms with Crippen LogP contribution in [-0.4, -0.2) is 27.5 Å². The summed E-state index contributed by atoms with van der Waals surface area (Å²) in [5, 5.41) is 2.04. The lowest BCUT2D eigenvalue weighted by Gasteiger charge is -2.26. The van der Waals surface area contributed by atoms with E-state index < -0.39 is 0 Å². The first-order valence-electron chi connectivity index (χ1n) is 8.90. The number of benzene rings is 1. The Hall–Kier alpha value is -2.36. The van der Waals surface area contributed by atoms with E-state index in [9.17, 15) is 0 Å². The number of allylic oxidation sites excluding steroid dienone is 1. The molecule has 0 radical (unpaired) electrons. The number of aromatic nitrogens is 2. The molecule has 3 heterocycles. The second-order valence-electron chi connectivity index (χ2n) is 6.78. The predicted molar refractivity (Wildman–Crippen MR) is 110 cm³/mol. The van der Waals surface area contributed by atoms with Gasteiger partial charge in [0, 0.05) is 60.8 Å². The standard InChI is InChI=1S/C22H22ClN3/c1-3-11-25-12-8-22-20(15-25)19-13-18(23)4-5-21(19)26(22)14-16(2)17-6-9-24-10-7-17/h3-7,9-10,13-14H,1,8,11-12,15H2,2H3/b16-14+. The van der Waals surface area contributed by atoms with Gasteiger partial charge in [-0.15, -0.1) is 6.58 Å². The van der Waals surface area contributed by atoms with Crippen LogP contribution in [0.2, 0.25) is 5.02 Å². The summed E-state index contributed by atoms with van der Waals surface area (Å²) in [4.78, 5) is 6.55. The van der Waals surface area contributed by atoms with Crippen molar-refractivity contribution in [2.24, 2.45) is 0 Å². The quantitative estimate of drug-likeness (QED) is 0.590. The molecule has 1 aliphatic heterocycles. The Bertz CT molecular complexity index is 986. The lowest BCUT2D eigenvalue weighted by molar-refractivity contribution is 0.281. The Balaban J connectivity index is 1.87. The van der Waals surface area contributed by atoms with Crippen LogP contribution >= 0.6 is 11.6 Å². The Labute approximate surface area is 159 Å². The lowest BCUT2D eigenvalue weighted by Crippen LogP contribution is -2.30. The fourth-order valence-electron chi connectivity index (χ4n) is 3.79. The molecular weight excluding hydrogens is 342 g/mol. The second-order valence-corrected chi connectivity index (χ2v) is 7.21. The number of rotatable bonds is 4. The van der Waals surface area contributed by atoms with Gasteiger partial charge in [-0.25, -0.2) is 0 Å². The van der Waals surface area contributed by atoms with Crippen LogP contribution in [0.15, 0.2) is 55.4 Å². The largest absolute Gasteiger partial charge is 0.320 e. The highest BCUT2D eigenvalue weighted by Gasteiger charge is 2.23. The summed E-state index contributed by atoms with van der Waals surface area (Å²) in [6.07, 6.45) is 8.92. The fourth-order valence-corrected chi connectivity index (χ4v) is 3.96. The first-order valence-corrected chi connectivity index (χ1v) is 9.28. The molecule has 4 heteroatoms. The van der Waals surface area contributed by atoms with Crippen LogP contribution in [0.1, 0.15) is 23.7 Å². The molecule has 0 spiro atoms. The number of halogens is 1. The van der Waals surface area contributed by atoms with Gasteiger partial charge in [0.1, 0.15) is 0 Å². The third-order valence-corrected chi connectivity index (χ3v) is 5.31. The Kier molecular flexibility index (Phi) is 4.66. The maximum absolute atomic E-state index is 6.31. The van der Waals surface area contributed by atoms with Gasteiger partial charge in [0.2, 0.25) is 0 Å². The fraction of sp³-hybridized carbons (Fsp3) is 0.227. The second kappa shape index (κ2) is 7.10. The van der Waals surface area contributed by atoms with Crippen LogP contribution in [-0.2, 0) is 13.0 Å². The molecule has 1 aromatic carbocycles. The monoisotopic (exact) mass is 363 g/mol. The smallest absolute Gasteiger partial charge is 0.0529 e. The molecule has 0 saturated carbocycles. The molecule has 26 heavy (non-hydrogen) atoms. The first-order chi connectivity index (χ1) is 12.7. The average Bonchev–Trinajstić information content (AvgIpc) is 2.95. The Morgan fingerprint density at radius 2 is 2.08 bits per heavy atom. The van der Waals surface area contributed by atoms with Gasteiger partial charge < -0.3 is 4.57 Å². The normalized spacial score (nSPS) is 15.2. The number of pyridine rings is 1. The average molecular weight is 364 g/mol. The maximum atomic E-state index is 6.31. The topological polar surface area (TPSA) is 21.1 Å². The van der Waals surface area contributed by atoms with Gasteiger partial charge >= 0.3 is 0 Å². The highest BCUT2D eigenvalue weighted by molar-refractivity contribution is 6.31. The first kappa shape index (κ1) is 17.1. The van der Waals surface area contributed by atoms with Gasteiger partial charge in [-0.2, -0.15) is 0 Å². The highest BCUT2D eigenvalue weighted by atomic mass is 35.5. The van der Waals surface area contributed by atoms with E-state index in [4.69, 9.17) is 11.6 Å². The summed E-state index contributed by atoms with van der Waals surface area (Å²) in [5.74, 6) is 0. The molecule has 3 nitrogen and oxygen atoms in total. The number of nitrogens with zero attached hydrogens (tertiary/aromatic N) is 3. The molecule has 0 atom stereocenters. The van der Waals surface area contributed by atoms with E-state index in [1.807, 2.05) is 36.7 Å². The Morgan fingerprint density at radius 1 is 1.27 bits per heavy atom. The van der Waals surface area contributed by atoms with E-state index in [0.29, 0.717) is 0 Å². The molecule has 3 aromatic rings.